The van der Waals surface area contributed by atoms with Crippen LogP contribution in [0.4, 0.5) is 26.3 Å². The molecule has 28 heavy (non-hydrogen) atoms. The summed E-state index contributed by atoms with van der Waals surface area (Å²) in [6.07, 6.45) is -4.61. The first-order valence-corrected chi connectivity index (χ1v) is 9.09. The average Bonchev–Trinajstić information content (AvgIpc) is 2.52. The quantitative estimate of drug-likeness (QED) is 0.347. The molecule has 0 bridgehead atoms. The highest BCUT2D eigenvalue weighted by atomic mass is 35.5. The summed E-state index contributed by atoms with van der Waals surface area (Å²) in [6.45, 7) is 1.55. The molecule has 0 spiro atoms. The Balaban J connectivity index is 2.01. The van der Waals surface area contributed by atoms with Gasteiger partial charge in [0.05, 0.1) is 16.9 Å². The zero-order valence-corrected chi connectivity index (χ0v) is 15.8. The van der Waals surface area contributed by atoms with Gasteiger partial charge in [-0.05, 0) is 42.4 Å². The predicted octanol–water partition coefficient (Wildman–Crippen LogP) is 6.79. The van der Waals surface area contributed by atoms with Crippen LogP contribution in [0.5, 0.6) is 17.5 Å². The molecule has 0 fully saturated rings. The van der Waals surface area contributed by atoms with Crippen LogP contribution in [0, 0.1) is 6.92 Å². The largest absolute Gasteiger partial charge is 0.477 e. The molecule has 0 saturated carbocycles. The first kappa shape index (κ1) is 22.5. The second-order valence-electron chi connectivity index (χ2n) is 5.56. The molecule has 0 radical (unpaired) electrons. The van der Waals surface area contributed by atoms with Crippen molar-refractivity contribution in [2.24, 2.45) is 0 Å². The summed E-state index contributed by atoms with van der Waals surface area (Å²) in [6, 6.07) is 7.27. The van der Waals surface area contributed by atoms with E-state index < -0.39 is 22.0 Å². The molecule has 1 unspecified atom stereocenters. The number of alkyl halides is 7. The molecule has 1 heterocycles. The van der Waals surface area contributed by atoms with Gasteiger partial charge >= 0.3 is 11.7 Å². The molecule has 0 aliphatic carbocycles. The fraction of sp³-hybridized carbons (Fsp3) is 0.353. The van der Waals surface area contributed by atoms with Gasteiger partial charge in [0.25, 0.3) is 0 Å². The third-order valence-corrected chi connectivity index (χ3v) is 4.41. The third kappa shape index (κ3) is 7.67. The van der Waals surface area contributed by atoms with Crippen LogP contribution in [0.3, 0.4) is 0 Å². The van der Waals surface area contributed by atoms with Gasteiger partial charge in [-0.25, -0.2) is 0 Å². The normalized spacial score (nSPS) is 13.3. The maximum atomic E-state index is 12.8. The fourth-order valence-electron chi connectivity index (χ4n) is 2.05. The van der Waals surface area contributed by atoms with Crippen molar-refractivity contribution in [2.75, 3.05) is 6.61 Å². The summed E-state index contributed by atoms with van der Waals surface area (Å²) < 4.78 is 84.4. The van der Waals surface area contributed by atoms with E-state index in [-0.39, 0.29) is 42.3 Å². The molecular weight excluding hydrogens is 432 g/mol. The van der Waals surface area contributed by atoms with Crippen LogP contribution in [0.15, 0.2) is 36.4 Å². The van der Waals surface area contributed by atoms with Crippen LogP contribution in [-0.4, -0.2) is 21.8 Å². The van der Waals surface area contributed by atoms with E-state index in [9.17, 15) is 26.3 Å². The molecule has 2 aromatic rings. The number of aryl methyl sites for hydroxylation is 1. The van der Waals surface area contributed by atoms with Crippen LogP contribution in [-0.2, 0) is 6.18 Å². The average molecular weight is 446 g/mol. The van der Waals surface area contributed by atoms with Crippen molar-refractivity contribution in [1.82, 2.24) is 4.98 Å². The smallest absolute Gasteiger partial charge is 0.443 e. The molecule has 11 heteroatoms. The fourth-order valence-corrected chi connectivity index (χ4v) is 2.94. The van der Waals surface area contributed by atoms with E-state index in [2.05, 4.69) is 4.98 Å². The van der Waals surface area contributed by atoms with E-state index in [4.69, 9.17) is 21.1 Å². The van der Waals surface area contributed by atoms with Crippen LogP contribution >= 0.6 is 23.4 Å². The molecule has 2 rings (SSSR count). The number of benzene rings is 1. The Morgan fingerprint density at radius 2 is 1.75 bits per heavy atom. The lowest BCUT2D eigenvalue weighted by atomic mass is 10.2. The molecule has 1 atom stereocenters. The van der Waals surface area contributed by atoms with E-state index in [1.807, 2.05) is 0 Å². The second kappa shape index (κ2) is 9.13. The highest BCUT2D eigenvalue weighted by Gasteiger charge is 2.32. The van der Waals surface area contributed by atoms with Gasteiger partial charge in [0.2, 0.25) is 11.8 Å². The number of pyridine rings is 1. The lowest BCUT2D eigenvalue weighted by Crippen LogP contribution is -2.10. The van der Waals surface area contributed by atoms with Crippen LogP contribution in [0.2, 0.25) is 0 Å². The van der Waals surface area contributed by atoms with E-state index in [1.54, 1.807) is 6.92 Å². The van der Waals surface area contributed by atoms with Gasteiger partial charge in [-0.2, -0.15) is 31.3 Å². The maximum absolute atomic E-state index is 12.8. The molecule has 154 valence electrons. The summed E-state index contributed by atoms with van der Waals surface area (Å²) in [7, 11) is 0. The van der Waals surface area contributed by atoms with Gasteiger partial charge in [-0.1, -0.05) is 6.07 Å². The molecule has 0 aliphatic rings. The number of halogens is 7. The third-order valence-electron chi connectivity index (χ3n) is 3.16. The Labute approximate surface area is 166 Å². The highest BCUT2D eigenvalue weighted by molar-refractivity contribution is 8.01. The van der Waals surface area contributed by atoms with E-state index in [0.29, 0.717) is 5.56 Å². The molecule has 1 aromatic carbocycles. The minimum atomic E-state index is -4.51. The number of rotatable bonds is 7. The Morgan fingerprint density at radius 1 is 1.07 bits per heavy atom. The number of ether oxygens (including phenoxy) is 2. The van der Waals surface area contributed by atoms with Crippen LogP contribution in [0.1, 0.15) is 17.5 Å². The van der Waals surface area contributed by atoms with E-state index >= 15 is 0 Å². The van der Waals surface area contributed by atoms with Crippen molar-refractivity contribution >= 4 is 23.4 Å². The molecule has 0 N–H and O–H groups in total. The number of thioether (sulfide) groups is 1. The zero-order valence-electron chi connectivity index (χ0n) is 14.3. The highest BCUT2D eigenvalue weighted by Crippen LogP contribution is 2.37. The van der Waals surface area contributed by atoms with Crippen molar-refractivity contribution in [3.8, 4) is 17.5 Å². The lowest BCUT2D eigenvalue weighted by molar-refractivity contribution is -0.137. The minimum absolute atomic E-state index is 0.0126. The van der Waals surface area contributed by atoms with Crippen molar-refractivity contribution < 1.29 is 35.8 Å². The molecular formula is C17H14ClF6NO2S. The van der Waals surface area contributed by atoms with Gasteiger partial charge < -0.3 is 9.47 Å². The topological polar surface area (TPSA) is 31.4 Å². The molecule has 1 aromatic heterocycles. The first-order valence-electron chi connectivity index (χ1n) is 7.77. The van der Waals surface area contributed by atoms with E-state index in [1.165, 1.54) is 24.3 Å². The predicted molar refractivity (Wildman–Crippen MR) is 93.9 cm³/mol. The molecule has 3 nitrogen and oxygen atoms in total. The Hall–Kier alpha value is -1.81. The first-order chi connectivity index (χ1) is 12.9. The van der Waals surface area contributed by atoms with Gasteiger partial charge in [0.15, 0.2) is 0 Å². The van der Waals surface area contributed by atoms with Crippen molar-refractivity contribution in [1.29, 1.82) is 0 Å². The summed E-state index contributed by atoms with van der Waals surface area (Å²) in [5, 5.41) is 0. The Kier molecular flexibility index (Phi) is 7.33. The number of nitrogens with zero attached hydrogens (tertiary/aromatic N) is 1. The monoisotopic (exact) mass is 445 g/mol. The number of hydrogen-bond acceptors (Lipinski definition) is 4. The summed E-state index contributed by atoms with van der Waals surface area (Å²) in [5.41, 5.74) is -4.68. The molecule has 0 amide bonds. The zero-order chi connectivity index (χ0) is 20.9. The number of aromatic nitrogens is 1. The van der Waals surface area contributed by atoms with Gasteiger partial charge in [0, 0.05) is 18.6 Å². The molecule has 0 saturated heterocycles. The maximum Gasteiger partial charge on any atom is 0.443 e. The molecule has 0 aliphatic heterocycles. The van der Waals surface area contributed by atoms with Crippen LogP contribution < -0.4 is 9.47 Å². The van der Waals surface area contributed by atoms with E-state index in [0.717, 1.165) is 12.1 Å². The lowest BCUT2D eigenvalue weighted by Gasteiger charge is -2.13. The Morgan fingerprint density at radius 3 is 2.39 bits per heavy atom. The summed E-state index contributed by atoms with van der Waals surface area (Å²) in [5.74, 6) is -0.0226. The minimum Gasteiger partial charge on any atom is -0.477 e. The standard InChI is InChI=1S/C17H14ClF6NO2S/c1-10-7-14(26-6-5-13(18)28-17(22,23)24)25-15(8-10)27-12-4-2-3-11(9-12)16(19,20)21/h2-4,7-9,13H,5-6H2,1H3. The summed E-state index contributed by atoms with van der Waals surface area (Å²) in [4.78, 5) is 3.99. The van der Waals surface area contributed by atoms with Gasteiger partial charge in [0.1, 0.15) is 5.75 Å². The van der Waals surface area contributed by atoms with Crippen molar-refractivity contribution in [3.05, 3.63) is 47.5 Å². The van der Waals surface area contributed by atoms with Crippen molar-refractivity contribution in [3.63, 3.8) is 0 Å². The van der Waals surface area contributed by atoms with Gasteiger partial charge in [-0.3, -0.25) is 0 Å². The SMILES string of the molecule is Cc1cc(OCCC(Cl)SC(F)(F)F)nc(Oc2cccc(C(F)(F)F)c2)c1. The second-order valence-corrected chi connectivity index (χ2v) is 7.61. The van der Waals surface area contributed by atoms with Crippen molar-refractivity contribution in [2.45, 2.75) is 29.7 Å². The Bertz CT molecular complexity index is 800. The van der Waals surface area contributed by atoms with Crippen LogP contribution in [0.25, 0.3) is 0 Å². The number of hydrogen-bond donors (Lipinski definition) is 0. The van der Waals surface area contributed by atoms with Gasteiger partial charge in [-0.15, -0.1) is 11.6 Å². The summed E-state index contributed by atoms with van der Waals surface area (Å²) >= 11 is 5.23.